The van der Waals surface area contributed by atoms with Crippen LogP contribution in [0.4, 0.5) is 13.2 Å². The van der Waals surface area contributed by atoms with Crippen LogP contribution in [-0.4, -0.2) is 35.6 Å². The summed E-state index contributed by atoms with van der Waals surface area (Å²) in [7, 11) is 0. The molecular weight excluding hydrogens is 259 g/mol. The van der Waals surface area contributed by atoms with Gasteiger partial charge in [-0.15, -0.1) is 0 Å². The Morgan fingerprint density at radius 3 is 2.63 bits per heavy atom. The molecule has 1 aliphatic rings. The predicted molar refractivity (Wildman–Crippen MR) is 62.3 cm³/mol. The third kappa shape index (κ3) is 3.26. The van der Waals surface area contributed by atoms with E-state index in [4.69, 9.17) is 5.11 Å². The van der Waals surface area contributed by atoms with Crippen molar-refractivity contribution >= 4 is 5.91 Å². The van der Waals surface area contributed by atoms with Gasteiger partial charge in [0.05, 0.1) is 12.0 Å². The molecule has 0 aliphatic carbocycles. The van der Waals surface area contributed by atoms with Crippen molar-refractivity contribution in [2.45, 2.75) is 12.6 Å². The minimum absolute atomic E-state index is 0.0351. The van der Waals surface area contributed by atoms with Gasteiger partial charge in [0, 0.05) is 25.6 Å². The van der Waals surface area contributed by atoms with E-state index in [-0.39, 0.29) is 24.9 Å². The molecule has 1 amide bonds. The average molecular weight is 273 g/mol. The zero-order chi connectivity index (χ0) is 14.0. The molecule has 1 heterocycles. The number of halogens is 3. The van der Waals surface area contributed by atoms with Gasteiger partial charge in [-0.1, -0.05) is 18.2 Å². The zero-order valence-electron chi connectivity index (χ0n) is 10.2. The van der Waals surface area contributed by atoms with Crippen molar-refractivity contribution < 1.29 is 23.1 Å². The Bertz CT molecular complexity index is 467. The first-order chi connectivity index (χ1) is 8.90. The van der Waals surface area contributed by atoms with E-state index >= 15 is 0 Å². The van der Waals surface area contributed by atoms with Gasteiger partial charge in [-0.05, 0) is 11.6 Å². The van der Waals surface area contributed by atoms with Gasteiger partial charge in [0.15, 0.2) is 0 Å². The summed E-state index contributed by atoms with van der Waals surface area (Å²) in [6.07, 6.45) is -4.43. The lowest BCUT2D eigenvalue weighted by Crippen LogP contribution is -2.51. The molecule has 1 aromatic rings. The number of likely N-dealkylation sites (tertiary alicyclic amines) is 1. The summed E-state index contributed by atoms with van der Waals surface area (Å²) in [6.45, 7) is 0.996. The third-order valence-electron chi connectivity index (χ3n) is 3.18. The molecule has 104 valence electrons. The summed E-state index contributed by atoms with van der Waals surface area (Å²) in [4.78, 5) is 13.3. The highest BCUT2D eigenvalue weighted by Gasteiger charge is 2.32. The number of rotatable bonds is 3. The molecular formula is C13H14F3NO2. The van der Waals surface area contributed by atoms with Gasteiger partial charge in [-0.2, -0.15) is 13.2 Å². The van der Waals surface area contributed by atoms with Gasteiger partial charge in [-0.25, -0.2) is 0 Å². The van der Waals surface area contributed by atoms with Gasteiger partial charge in [0.25, 0.3) is 0 Å². The molecule has 1 aliphatic heterocycles. The maximum atomic E-state index is 12.5. The van der Waals surface area contributed by atoms with Crippen molar-refractivity contribution in [3.8, 4) is 0 Å². The van der Waals surface area contributed by atoms with E-state index in [9.17, 15) is 18.0 Å². The van der Waals surface area contributed by atoms with E-state index in [1.54, 1.807) is 4.90 Å². The lowest BCUT2D eigenvalue weighted by molar-refractivity contribution is -0.139. The quantitative estimate of drug-likeness (QED) is 0.910. The SMILES string of the molecule is O=C(Cc1cccc(C(F)(F)F)c1)N1CC(CO)C1. The molecule has 0 bridgehead atoms. The van der Waals surface area contributed by atoms with Crippen molar-refractivity contribution in [2.75, 3.05) is 19.7 Å². The van der Waals surface area contributed by atoms with Crippen LogP contribution in [0.3, 0.4) is 0 Å². The third-order valence-corrected chi connectivity index (χ3v) is 3.18. The molecule has 0 unspecified atom stereocenters. The molecule has 0 radical (unpaired) electrons. The van der Waals surface area contributed by atoms with Crippen molar-refractivity contribution in [3.05, 3.63) is 35.4 Å². The van der Waals surface area contributed by atoms with Crippen molar-refractivity contribution in [1.82, 2.24) is 4.90 Å². The summed E-state index contributed by atoms with van der Waals surface area (Å²) in [6, 6.07) is 4.80. The lowest BCUT2D eigenvalue weighted by Gasteiger charge is -2.38. The highest BCUT2D eigenvalue weighted by atomic mass is 19.4. The standard InChI is InChI=1S/C13H14F3NO2/c14-13(15,16)11-3-1-2-9(4-11)5-12(19)17-6-10(7-17)8-18/h1-4,10,18H,5-8H2. The Morgan fingerprint density at radius 2 is 2.05 bits per heavy atom. The second kappa shape index (κ2) is 5.21. The number of aliphatic hydroxyl groups excluding tert-OH is 1. The first-order valence-electron chi connectivity index (χ1n) is 5.95. The number of hydrogen-bond acceptors (Lipinski definition) is 2. The Kier molecular flexibility index (Phi) is 3.80. The molecule has 0 aromatic heterocycles. The van der Waals surface area contributed by atoms with Crippen LogP contribution >= 0.6 is 0 Å². The lowest BCUT2D eigenvalue weighted by atomic mass is 9.99. The van der Waals surface area contributed by atoms with Crippen molar-refractivity contribution in [1.29, 1.82) is 0 Å². The van der Waals surface area contributed by atoms with Crippen LogP contribution < -0.4 is 0 Å². The van der Waals surface area contributed by atoms with E-state index in [1.807, 2.05) is 0 Å². The Balaban J connectivity index is 1.98. The molecule has 0 saturated carbocycles. The fourth-order valence-corrected chi connectivity index (χ4v) is 2.03. The average Bonchev–Trinajstić information content (AvgIpc) is 2.26. The summed E-state index contributed by atoms with van der Waals surface area (Å²) in [5, 5.41) is 8.84. The highest BCUT2D eigenvalue weighted by Crippen LogP contribution is 2.29. The molecule has 1 N–H and O–H groups in total. The molecule has 1 saturated heterocycles. The van der Waals surface area contributed by atoms with Crippen LogP contribution in [0.15, 0.2) is 24.3 Å². The molecule has 0 spiro atoms. The van der Waals surface area contributed by atoms with Crippen LogP contribution in [0.2, 0.25) is 0 Å². The van der Waals surface area contributed by atoms with E-state index in [0.717, 1.165) is 12.1 Å². The minimum atomic E-state index is -4.39. The Morgan fingerprint density at radius 1 is 1.37 bits per heavy atom. The van der Waals surface area contributed by atoms with Crippen LogP contribution in [0.1, 0.15) is 11.1 Å². The Hall–Kier alpha value is -1.56. The largest absolute Gasteiger partial charge is 0.416 e. The fourth-order valence-electron chi connectivity index (χ4n) is 2.03. The number of hydrogen-bond donors (Lipinski definition) is 1. The number of carbonyl (C=O) groups is 1. The summed E-state index contributed by atoms with van der Waals surface area (Å²) in [5.41, 5.74) is -0.387. The fraction of sp³-hybridized carbons (Fsp3) is 0.462. The highest BCUT2D eigenvalue weighted by molar-refractivity contribution is 5.79. The first-order valence-corrected chi connectivity index (χ1v) is 5.95. The molecule has 2 rings (SSSR count). The maximum Gasteiger partial charge on any atom is 0.416 e. The van der Waals surface area contributed by atoms with Gasteiger partial charge < -0.3 is 10.0 Å². The van der Waals surface area contributed by atoms with Crippen LogP contribution in [-0.2, 0) is 17.4 Å². The predicted octanol–water partition coefficient (Wildman–Crippen LogP) is 1.70. The molecule has 6 heteroatoms. The molecule has 1 fully saturated rings. The second-order valence-corrected chi connectivity index (χ2v) is 4.72. The molecule has 19 heavy (non-hydrogen) atoms. The number of alkyl halides is 3. The van der Waals surface area contributed by atoms with Gasteiger partial charge >= 0.3 is 6.18 Å². The normalized spacial score (nSPS) is 16.3. The summed E-state index contributed by atoms with van der Waals surface area (Å²) < 4.78 is 37.5. The van der Waals surface area contributed by atoms with Crippen molar-refractivity contribution in [3.63, 3.8) is 0 Å². The van der Waals surface area contributed by atoms with Crippen molar-refractivity contribution in [2.24, 2.45) is 5.92 Å². The molecule has 1 aromatic carbocycles. The number of aliphatic hydroxyl groups is 1. The van der Waals surface area contributed by atoms with Gasteiger partial charge in [0.2, 0.25) is 5.91 Å². The minimum Gasteiger partial charge on any atom is -0.396 e. The zero-order valence-corrected chi connectivity index (χ0v) is 10.2. The van der Waals surface area contributed by atoms with E-state index in [0.29, 0.717) is 18.7 Å². The van der Waals surface area contributed by atoms with E-state index < -0.39 is 11.7 Å². The monoisotopic (exact) mass is 273 g/mol. The molecule has 0 atom stereocenters. The number of benzene rings is 1. The van der Waals surface area contributed by atoms with Gasteiger partial charge in [-0.3, -0.25) is 4.79 Å². The smallest absolute Gasteiger partial charge is 0.396 e. The molecule has 3 nitrogen and oxygen atoms in total. The van der Waals surface area contributed by atoms with Gasteiger partial charge in [0.1, 0.15) is 0 Å². The number of amides is 1. The number of carbonyl (C=O) groups excluding carboxylic acids is 1. The van der Waals surface area contributed by atoms with E-state index in [1.165, 1.54) is 12.1 Å². The summed E-state index contributed by atoms with van der Waals surface area (Å²) in [5.74, 6) is -0.102. The maximum absolute atomic E-state index is 12.5. The van der Waals surface area contributed by atoms with Crippen LogP contribution in [0, 0.1) is 5.92 Å². The first kappa shape index (κ1) is 13.9. The van der Waals surface area contributed by atoms with E-state index in [2.05, 4.69) is 0 Å². The topological polar surface area (TPSA) is 40.5 Å². The van der Waals surface area contributed by atoms with Crippen LogP contribution in [0.5, 0.6) is 0 Å². The second-order valence-electron chi connectivity index (χ2n) is 4.72. The summed E-state index contributed by atoms with van der Waals surface area (Å²) >= 11 is 0. The number of nitrogens with zero attached hydrogens (tertiary/aromatic N) is 1. The Labute approximate surface area is 108 Å². The van der Waals surface area contributed by atoms with Crippen LogP contribution in [0.25, 0.3) is 0 Å².